The third kappa shape index (κ3) is 4.38. The molecule has 0 radical (unpaired) electrons. The van der Waals surface area contributed by atoms with E-state index in [1.165, 1.54) is 30.5 Å². The Labute approximate surface area is 161 Å². The Hall–Kier alpha value is -2.62. The normalized spacial score (nSPS) is 13.4. The molecule has 1 heterocycles. The molecule has 2 aromatic rings. The fourth-order valence-electron chi connectivity index (χ4n) is 2.29. The van der Waals surface area contributed by atoms with E-state index < -0.39 is 23.7 Å². The summed E-state index contributed by atoms with van der Waals surface area (Å²) in [6, 6.07) is 8.80. The molecule has 0 spiro atoms. The van der Waals surface area contributed by atoms with Gasteiger partial charge in [0.25, 0.3) is 11.7 Å². The van der Waals surface area contributed by atoms with Crippen molar-refractivity contribution in [2.75, 3.05) is 12.4 Å². The van der Waals surface area contributed by atoms with Gasteiger partial charge in [-0.05, 0) is 40.5 Å². The summed E-state index contributed by atoms with van der Waals surface area (Å²) in [5.74, 6) is -2.96. The maximum atomic E-state index is 14.0. The highest BCUT2D eigenvalue weighted by Crippen LogP contribution is 2.32. The molecule has 1 aromatic heterocycles. The molecule has 144 valence electrons. The summed E-state index contributed by atoms with van der Waals surface area (Å²) in [5.41, 5.74) is -3.05. The minimum absolute atomic E-state index is 0.00314. The molecule has 3 N–H and O–H groups in total. The van der Waals surface area contributed by atoms with Gasteiger partial charge < -0.3 is 4.74 Å². The van der Waals surface area contributed by atoms with Crippen molar-refractivity contribution in [1.82, 2.24) is 5.32 Å². The van der Waals surface area contributed by atoms with Crippen LogP contribution in [0, 0.1) is 6.92 Å². The number of amides is 1. The smallest absolute Gasteiger partial charge is 0.464 e. The highest BCUT2D eigenvalue weighted by atomic mass is 79.9. The summed E-state index contributed by atoms with van der Waals surface area (Å²) >= 11 is 3.14. The monoisotopic (exact) mass is 446 g/mol. The molecular formula is C17H16BrF3N3O3+. The van der Waals surface area contributed by atoms with Crippen LogP contribution in [0.4, 0.5) is 19.0 Å². The molecule has 0 aliphatic heterocycles. The van der Waals surface area contributed by atoms with E-state index >= 15 is 0 Å². The minimum Gasteiger partial charge on any atom is -0.464 e. The number of alkyl halides is 3. The maximum absolute atomic E-state index is 14.0. The Bertz CT molecular complexity index is 843. The lowest BCUT2D eigenvalue weighted by Gasteiger charge is -2.30. The van der Waals surface area contributed by atoms with Gasteiger partial charge in [0, 0.05) is 11.6 Å². The van der Waals surface area contributed by atoms with Crippen molar-refractivity contribution >= 4 is 33.6 Å². The van der Waals surface area contributed by atoms with E-state index in [1.54, 1.807) is 24.4 Å². The van der Waals surface area contributed by atoms with Crippen molar-refractivity contribution < 1.29 is 32.5 Å². The molecule has 2 rings (SSSR count). The second-order valence-electron chi connectivity index (χ2n) is 5.55. The maximum Gasteiger partial charge on any atom is 0.464 e. The summed E-state index contributed by atoms with van der Waals surface area (Å²) in [7, 11) is 0.801. The van der Waals surface area contributed by atoms with Crippen molar-refractivity contribution in [2.24, 2.45) is 0 Å². The van der Waals surface area contributed by atoms with Crippen LogP contribution in [0.15, 0.2) is 47.1 Å². The van der Waals surface area contributed by atoms with Gasteiger partial charge >= 0.3 is 17.8 Å². The molecule has 0 aliphatic carbocycles. The lowest BCUT2D eigenvalue weighted by Crippen LogP contribution is -2.69. The van der Waals surface area contributed by atoms with Gasteiger partial charge in [-0.25, -0.2) is 15.1 Å². The number of ether oxygens (including phenoxy) is 1. The minimum atomic E-state index is -5.21. The summed E-state index contributed by atoms with van der Waals surface area (Å²) in [4.78, 5) is 27.2. The molecule has 0 aliphatic rings. The average Bonchev–Trinajstić information content (AvgIpc) is 2.61. The predicted octanol–water partition coefficient (Wildman–Crippen LogP) is 2.85. The van der Waals surface area contributed by atoms with Gasteiger partial charge in [0.05, 0.1) is 11.6 Å². The number of carbonyl (C=O) groups is 2. The Kier molecular flexibility index (Phi) is 6.09. The Morgan fingerprint density at radius 2 is 1.81 bits per heavy atom. The van der Waals surface area contributed by atoms with E-state index in [4.69, 9.17) is 0 Å². The van der Waals surface area contributed by atoms with Crippen molar-refractivity contribution in [3.63, 3.8) is 0 Å². The third-order valence-electron chi connectivity index (χ3n) is 3.70. The van der Waals surface area contributed by atoms with Crippen LogP contribution in [0.1, 0.15) is 15.9 Å². The standard InChI is InChI=1S/C17H15BrF3N3O3/c1-10-5-3-4-6-12(10)14(25)24-16(15(26)27-2,17(19,20)21)23-13-8-7-11(18)9-22-13/h3-9H,1-2H3,(H,22,23)(H,24,25)/p+1/t16-/m1/s1. The summed E-state index contributed by atoms with van der Waals surface area (Å²) in [6.45, 7) is 1.57. The van der Waals surface area contributed by atoms with E-state index in [1.807, 2.05) is 5.32 Å². The SMILES string of the molecule is COC(=O)[C@](NC(=O)c1ccccc1C)(Nc1ccc(Br)c[nH+]1)C(F)(F)F. The lowest BCUT2D eigenvalue weighted by atomic mass is 10.1. The largest absolute Gasteiger partial charge is 0.464 e. The first-order valence-corrected chi connectivity index (χ1v) is 8.38. The number of benzene rings is 1. The Morgan fingerprint density at radius 3 is 2.33 bits per heavy atom. The number of pyridine rings is 1. The van der Waals surface area contributed by atoms with Gasteiger partial charge in [-0.15, -0.1) is 0 Å². The molecule has 0 bridgehead atoms. The molecular weight excluding hydrogens is 431 g/mol. The Balaban J connectivity index is 2.50. The number of hydrogen-bond acceptors (Lipinski definition) is 4. The fraction of sp³-hybridized carbons (Fsp3) is 0.235. The van der Waals surface area contributed by atoms with Crippen LogP contribution in [-0.2, 0) is 9.53 Å². The van der Waals surface area contributed by atoms with Crippen LogP contribution in [0.3, 0.4) is 0 Å². The molecule has 1 atom stereocenters. The van der Waals surface area contributed by atoms with Crippen molar-refractivity contribution in [1.29, 1.82) is 0 Å². The fourth-order valence-corrected chi connectivity index (χ4v) is 2.54. The molecule has 1 aromatic carbocycles. The lowest BCUT2D eigenvalue weighted by molar-refractivity contribution is -0.363. The number of methoxy groups -OCH3 is 1. The van der Waals surface area contributed by atoms with Crippen LogP contribution < -0.4 is 15.6 Å². The second-order valence-corrected chi connectivity index (χ2v) is 6.47. The van der Waals surface area contributed by atoms with Crippen molar-refractivity contribution in [3.05, 3.63) is 58.2 Å². The molecule has 27 heavy (non-hydrogen) atoms. The summed E-state index contributed by atoms with van der Waals surface area (Å²) < 4.78 is 46.8. The number of esters is 1. The number of aryl methyl sites for hydroxylation is 1. The first-order valence-electron chi connectivity index (χ1n) is 7.59. The molecule has 10 heteroatoms. The van der Waals surface area contributed by atoms with Gasteiger partial charge in [-0.2, -0.15) is 13.2 Å². The van der Waals surface area contributed by atoms with E-state index in [2.05, 4.69) is 25.7 Å². The van der Waals surface area contributed by atoms with Crippen LogP contribution in [0.5, 0.6) is 0 Å². The number of hydrogen-bond donors (Lipinski definition) is 2. The number of anilines is 1. The first-order chi connectivity index (χ1) is 12.6. The number of aromatic nitrogens is 1. The van der Waals surface area contributed by atoms with Crippen LogP contribution in [-0.4, -0.2) is 30.8 Å². The molecule has 0 fully saturated rings. The average molecular weight is 447 g/mol. The van der Waals surface area contributed by atoms with E-state index in [0.29, 0.717) is 10.0 Å². The number of nitrogens with one attached hydrogen (secondary N) is 3. The number of carbonyl (C=O) groups excluding carboxylic acids is 2. The highest BCUT2D eigenvalue weighted by molar-refractivity contribution is 9.10. The second kappa shape index (κ2) is 7.95. The molecule has 0 saturated carbocycles. The zero-order valence-electron chi connectivity index (χ0n) is 14.3. The van der Waals surface area contributed by atoms with Gasteiger partial charge in [-0.1, -0.05) is 18.2 Å². The summed E-state index contributed by atoms with van der Waals surface area (Å²) in [6.07, 6.45) is -3.84. The van der Waals surface area contributed by atoms with Crippen LogP contribution in [0.2, 0.25) is 0 Å². The molecule has 6 nitrogen and oxygen atoms in total. The van der Waals surface area contributed by atoms with Gasteiger partial charge in [0.1, 0.15) is 6.20 Å². The molecule has 0 saturated heterocycles. The topological polar surface area (TPSA) is 81.6 Å². The van der Waals surface area contributed by atoms with Crippen LogP contribution >= 0.6 is 15.9 Å². The van der Waals surface area contributed by atoms with E-state index in [9.17, 15) is 22.8 Å². The van der Waals surface area contributed by atoms with Crippen molar-refractivity contribution in [2.45, 2.75) is 18.8 Å². The van der Waals surface area contributed by atoms with Gasteiger partial charge in [0.15, 0.2) is 0 Å². The number of H-pyrrole nitrogens is 1. The summed E-state index contributed by atoms with van der Waals surface area (Å²) in [5, 5.41) is 3.78. The number of aromatic amines is 1. The van der Waals surface area contributed by atoms with E-state index in [-0.39, 0.29) is 11.4 Å². The van der Waals surface area contributed by atoms with Crippen LogP contribution in [0.25, 0.3) is 0 Å². The zero-order valence-corrected chi connectivity index (χ0v) is 15.9. The third-order valence-corrected chi connectivity index (χ3v) is 4.20. The van der Waals surface area contributed by atoms with Gasteiger partial charge in [-0.3, -0.25) is 10.1 Å². The first kappa shape index (κ1) is 20.7. The highest BCUT2D eigenvalue weighted by Gasteiger charge is 2.67. The number of halogens is 4. The van der Waals surface area contributed by atoms with E-state index in [0.717, 1.165) is 7.11 Å². The predicted molar refractivity (Wildman–Crippen MR) is 93.8 cm³/mol. The van der Waals surface area contributed by atoms with Gasteiger partial charge in [0.2, 0.25) is 0 Å². The Morgan fingerprint density at radius 1 is 1.15 bits per heavy atom. The zero-order chi connectivity index (χ0) is 20.2. The quantitative estimate of drug-likeness (QED) is 0.546. The molecule has 0 unspecified atom stereocenters. The van der Waals surface area contributed by atoms with Crippen molar-refractivity contribution in [3.8, 4) is 0 Å². The number of rotatable bonds is 5. The molecule has 1 amide bonds.